The highest BCUT2D eigenvalue weighted by Gasteiger charge is 2.01. The zero-order chi connectivity index (χ0) is 14.5. The summed E-state index contributed by atoms with van der Waals surface area (Å²) in [6.07, 6.45) is 0. The lowest BCUT2D eigenvalue weighted by atomic mass is 10.2. The molecular formula is C16H19ClN2O. The predicted octanol–water partition coefficient (Wildman–Crippen LogP) is 3.72. The van der Waals surface area contributed by atoms with Gasteiger partial charge in [0.05, 0.1) is 5.02 Å². The van der Waals surface area contributed by atoms with Crippen molar-refractivity contribution in [3.05, 3.63) is 58.6 Å². The van der Waals surface area contributed by atoms with Crippen molar-refractivity contribution in [1.29, 1.82) is 0 Å². The second kappa shape index (κ2) is 6.64. The van der Waals surface area contributed by atoms with E-state index in [4.69, 9.17) is 11.6 Å². The highest BCUT2D eigenvalue weighted by atomic mass is 35.5. The van der Waals surface area contributed by atoms with Gasteiger partial charge in [-0.25, -0.2) is 0 Å². The summed E-state index contributed by atoms with van der Waals surface area (Å²) in [5.41, 5.74) is 3.38. The van der Waals surface area contributed by atoms with Crippen molar-refractivity contribution in [2.24, 2.45) is 0 Å². The molecule has 3 nitrogen and oxygen atoms in total. The molecule has 106 valence electrons. The molecule has 4 heteroatoms. The fraction of sp³-hybridized carbons (Fsp3) is 0.250. The third kappa shape index (κ3) is 4.15. The molecule has 0 aliphatic rings. The Morgan fingerprint density at radius 2 is 1.70 bits per heavy atom. The number of anilines is 1. The van der Waals surface area contributed by atoms with Gasteiger partial charge >= 0.3 is 0 Å². The molecule has 0 atom stereocenters. The fourth-order valence-electron chi connectivity index (χ4n) is 1.96. The molecule has 0 saturated heterocycles. The van der Waals surface area contributed by atoms with Crippen molar-refractivity contribution in [2.45, 2.75) is 13.1 Å². The van der Waals surface area contributed by atoms with Gasteiger partial charge in [0.15, 0.2) is 0 Å². The highest BCUT2D eigenvalue weighted by Crippen LogP contribution is 2.24. The van der Waals surface area contributed by atoms with E-state index in [1.54, 1.807) is 12.1 Å². The van der Waals surface area contributed by atoms with Crippen LogP contribution in [0.5, 0.6) is 5.75 Å². The lowest BCUT2D eigenvalue weighted by molar-refractivity contribution is 0.402. The Bertz CT molecular complexity index is 567. The van der Waals surface area contributed by atoms with Gasteiger partial charge in [0.2, 0.25) is 0 Å². The van der Waals surface area contributed by atoms with E-state index in [9.17, 15) is 5.11 Å². The highest BCUT2D eigenvalue weighted by molar-refractivity contribution is 6.32. The summed E-state index contributed by atoms with van der Waals surface area (Å²) in [6, 6.07) is 13.6. The predicted molar refractivity (Wildman–Crippen MR) is 84.3 cm³/mol. The Hall–Kier alpha value is -1.71. The van der Waals surface area contributed by atoms with Crippen LogP contribution in [0.2, 0.25) is 5.02 Å². The molecule has 0 saturated carbocycles. The minimum Gasteiger partial charge on any atom is -0.506 e. The number of phenolic OH excluding ortho intramolecular Hbond substituents is 1. The lowest BCUT2D eigenvalue weighted by Gasteiger charge is -2.11. The molecule has 0 aromatic heterocycles. The minimum atomic E-state index is 0.114. The summed E-state index contributed by atoms with van der Waals surface area (Å²) >= 11 is 5.88. The maximum atomic E-state index is 9.38. The van der Waals surface area contributed by atoms with Crippen LogP contribution < -0.4 is 5.32 Å². The van der Waals surface area contributed by atoms with E-state index in [2.05, 4.69) is 48.6 Å². The van der Waals surface area contributed by atoms with E-state index in [-0.39, 0.29) is 5.75 Å². The third-order valence-corrected chi connectivity index (χ3v) is 3.26. The number of rotatable bonds is 5. The van der Waals surface area contributed by atoms with Crippen LogP contribution in [-0.4, -0.2) is 24.1 Å². The SMILES string of the molecule is CN(C)Cc1ccc(NCc2ccc(O)c(Cl)c2)cc1. The van der Waals surface area contributed by atoms with Crippen LogP contribution in [0.3, 0.4) is 0 Å². The zero-order valence-corrected chi connectivity index (χ0v) is 12.5. The number of halogens is 1. The molecule has 20 heavy (non-hydrogen) atoms. The van der Waals surface area contributed by atoms with Crippen molar-refractivity contribution < 1.29 is 5.11 Å². The van der Waals surface area contributed by atoms with Crippen LogP contribution in [0.25, 0.3) is 0 Å². The van der Waals surface area contributed by atoms with E-state index < -0.39 is 0 Å². The Balaban J connectivity index is 1.95. The van der Waals surface area contributed by atoms with E-state index in [1.165, 1.54) is 5.56 Å². The topological polar surface area (TPSA) is 35.5 Å². The minimum absolute atomic E-state index is 0.114. The van der Waals surface area contributed by atoms with Crippen LogP contribution >= 0.6 is 11.6 Å². The largest absolute Gasteiger partial charge is 0.506 e. The van der Waals surface area contributed by atoms with Gasteiger partial charge in [-0.1, -0.05) is 29.8 Å². The van der Waals surface area contributed by atoms with Crippen molar-refractivity contribution in [1.82, 2.24) is 4.90 Å². The van der Waals surface area contributed by atoms with E-state index in [0.29, 0.717) is 11.6 Å². The standard InChI is InChI=1S/C16H19ClN2O/c1-19(2)11-12-3-6-14(7-4-12)18-10-13-5-8-16(20)15(17)9-13/h3-9,18,20H,10-11H2,1-2H3. The van der Waals surface area contributed by atoms with Gasteiger partial charge < -0.3 is 15.3 Å². The van der Waals surface area contributed by atoms with E-state index in [0.717, 1.165) is 17.8 Å². The van der Waals surface area contributed by atoms with Gasteiger partial charge in [-0.05, 0) is 49.5 Å². The molecule has 0 heterocycles. The molecule has 2 rings (SSSR count). The van der Waals surface area contributed by atoms with Crippen LogP contribution in [-0.2, 0) is 13.1 Å². The van der Waals surface area contributed by atoms with Gasteiger partial charge in [0, 0.05) is 18.8 Å². The third-order valence-electron chi connectivity index (χ3n) is 2.96. The summed E-state index contributed by atoms with van der Waals surface area (Å²) < 4.78 is 0. The van der Waals surface area contributed by atoms with Gasteiger partial charge in [-0.15, -0.1) is 0 Å². The number of hydrogen-bond acceptors (Lipinski definition) is 3. The average Bonchev–Trinajstić information content (AvgIpc) is 2.41. The summed E-state index contributed by atoms with van der Waals surface area (Å²) in [6.45, 7) is 1.61. The first-order chi connectivity index (χ1) is 9.54. The molecule has 0 amide bonds. The Morgan fingerprint density at radius 3 is 2.30 bits per heavy atom. The van der Waals surface area contributed by atoms with Crippen LogP contribution in [0, 0.1) is 0 Å². The first kappa shape index (κ1) is 14.7. The molecule has 0 aliphatic carbocycles. The second-order valence-corrected chi connectivity index (χ2v) is 5.48. The van der Waals surface area contributed by atoms with E-state index >= 15 is 0 Å². The first-order valence-corrected chi connectivity index (χ1v) is 6.87. The Morgan fingerprint density at radius 1 is 1.05 bits per heavy atom. The smallest absolute Gasteiger partial charge is 0.134 e. The van der Waals surface area contributed by atoms with Gasteiger partial charge in [-0.2, -0.15) is 0 Å². The summed E-state index contributed by atoms with van der Waals surface area (Å²) in [4.78, 5) is 2.14. The Labute approximate surface area is 124 Å². The molecule has 0 bridgehead atoms. The van der Waals surface area contributed by atoms with Crippen molar-refractivity contribution in [3.63, 3.8) is 0 Å². The number of hydrogen-bond donors (Lipinski definition) is 2. The molecule has 0 fully saturated rings. The maximum absolute atomic E-state index is 9.38. The molecule has 2 N–H and O–H groups in total. The lowest BCUT2D eigenvalue weighted by Crippen LogP contribution is -2.10. The molecule has 0 spiro atoms. The summed E-state index contributed by atoms with van der Waals surface area (Å²) in [7, 11) is 4.11. The monoisotopic (exact) mass is 290 g/mol. The van der Waals surface area contributed by atoms with Gasteiger partial charge in [-0.3, -0.25) is 0 Å². The van der Waals surface area contributed by atoms with Crippen molar-refractivity contribution in [2.75, 3.05) is 19.4 Å². The molecule has 2 aromatic carbocycles. The maximum Gasteiger partial charge on any atom is 0.134 e. The fourth-order valence-corrected chi connectivity index (χ4v) is 2.16. The summed E-state index contributed by atoms with van der Waals surface area (Å²) in [5.74, 6) is 0.114. The van der Waals surface area contributed by atoms with Gasteiger partial charge in [0.1, 0.15) is 5.75 Å². The number of phenols is 1. The first-order valence-electron chi connectivity index (χ1n) is 6.49. The average molecular weight is 291 g/mol. The van der Waals surface area contributed by atoms with Crippen LogP contribution in [0.15, 0.2) is 42.5 Å². The second-order valence-electron chi connectivity index (χ2n) is 5.07. The van der Waals surface area contributed by atoms with Crippen LogP contribution in [0.1, 0.15) is 11.1 Å². The number of aromatic hydroxyl groups is 1. The van der Waals surface area contributed by atoms with Crippen molar-refractivity contribution in [3.8, 4) is 5.75 Å². The number of nitrogens with zero attached hydrogens (tertiary/aromatic N) is 1. The summed E-state index contributed by atoms with van der Waals surface area (Å²) in [5, 5.41) is 13.1. The number of benzene rings is 2. The zero-order valence-electron chi connectivity index (χ0n) is 11.7. The molecular weight excluding hydrogens is 272 g/mol. The van der Waals surface area contributed by atoms with Gasteiger partial charge in [0.25, 0.3) is 0 Å². The van der Waals surface area contributed by atoms with Crippen LogP contribution in [0.4, 0.5) is 5.69 Å². The Kier molecular flexibility index (Phi) is 4.88. The quantitative estimate of drug-likeness (QED) is 0.881. The molecule has 0 unspecified atom stereocenters. The molecule has 0 aliphatic heterocycles. The van der Waals surface area contributed by atoms with Crippen molar-refractivity contribution >= 4 is 17.3 Å². The molecule has 2 aromatic rings. The molecule has 0 radical (unpaired) electrons. The number of nitrogens with one attached hydrogen (secondary N) is 1. The van der Waals surface area contributed by atoms with E-state index in [1.807, 2.05) is 6.07 Å². The normalized spacial score (nSPS) is 10.8.